The van der Waals surface area contributed by atoms with Crippen LogP contribution in [0.2, 0.25) is 0 Å². The monoisotopic (exact) mass is 493 g/mol. The van der Waals surface area contributed by atoms with Crippen LogP contribution >= 0.6 is 0 Å². The number of nitrogens with one attached hydrogen (secondary N) is 1. The van der Waals surface area contributed by atoms with Crippen molar-refractivity contribution in [2.45, 2.75) is 64.2 Å². The highest BCUT2D eigenvalue weighted by atomic mass is 16.3. The lowest BCUT2D eigenvalue weighted by atomic mass is 9.83. The molecule has 9 heteroatoms. The smallest absolute Gasteiger partial charge is 0.227 e. The van der Waals surface area contributed by atoms with Crippen molar-refractivity contribution < 1.29 is 10.2 Å². The molecule has 0 saturated carbocycles. The Kier molecular flexibility index (Phi) is 6.43. The zero-order valence-corrected chi connectivity index (χ0v) is 22.1. The lowest BCUT2D eigenvalue weighted by Crippen LogP contribution is -2.42. The molecule has 2 fully saturated rings. The van der Waals surface area contributed by atoms with Crippen LogP contribution in [0.3, 0.4) is 0 Å². The molecular formula is C27H39N7O2. The van der Waals surface area contributed by atoms with Crippen LogP contribution in [0.5, 0.6) is 0 Å². The lowest BCUT2D eigenvalue weighted by molar-refractivity contribution is 0.00647. The predicted octanol–water partition coefficient (Wildman–Crippen LogP) is 3.15. The van der Waals surface area contributed by atoms with Crippen LogP contribution < -0.4 is 10.2 Å². The molecule has 3 aromatic rings. The van der Waals surface area contributed by atoms with Gasteiger partial charge in [-0.3, -0.25) is 0 Å². The Morgan fingerprint density at radius 2 is 1.75 bits per heavy atom. The molecule has 0 spiro atoms. The first kappa shape index (κ1) is 24.9. The molecule has 0 aliphatic carbocycles. The lowest BCUT2D eigenvalue weighted by Gasteiger charge is -2.38. The van der Waals surface area contributed by atoms with E-state index in [9.17, 15) is 10.2 Å². The van der Waals surface area contributed by atoms with E-state index in [2.05, 4.69) is 22.2 Å². The van der Waals surface area contributed by atoms with Gasteiger partial charge in [-0.25, -0.2) is 4.68 Å². The second-order valence-electron chi connectivity index (χ2n) is 11.6. The number of hydrogen-bond acceptors (Lipinski definition) is 8. The van der Waals surface area contributed by atoms with E-state index in [4.69, 9.17) is 15.1 Å². The van der Waals surface area contributed by atoms with Gasteiger partial charge < -0.3 is 25.3 Å². The molecule has 194 valence electrons. The van der Waals surface area contributed by atoms with E-state index < -0.39 is 11.2 Å². The van der Waals surface area contributed by atoms with Gasteiger partial charge in [0, 0.05) is 25.7 Å². The Hall–Kier alpha value is -2.75. The summed E-state index contributed by atoms with van der Waals surface area (Å²) in [6.07, 6.45) is 4.72. The molecule has 9 nitrogen and oxygen atoms in total. The van der Waals surface area contributed by atoms with E-state index in [0.717, 1.165) is 73.5 Å². The van der Waals surface area contributed by atoms with Crippen molar-refractivity contribution >= 4 is 22.8 Å². The summed E-state index contributed by atoms with van der Waals surface area (Å²) in [5, 5.41) is 30.2. The summed E-state index contributed by atoms with van der Waals surface area (Å²) in [4.78, 5) is 14.5. The minimum Gasteiger partial charge on any atom is -0.390 e. The average Bonchev–Trinajstić information content (AvgIpc) is 3.43. The van der Waals surface area contributed by atoms with Crippen LogP contribution in [-0.2, 0) is 5.60 Å². The SMILES string of the molecule is CN1CC[C@H](Nc2nc(N3CCC(C(C)(C)O)CC3)c3cnn(-c4cccc(C(C)(C)O)c4)c3n2)C1. The van der Waals surface area contributed by atoms with Crippen LogP contribution in [0.15, 0.2) is 30.5 Å². The molecule has 2 aliphatic heterocycles. The van der Waals surface area contributed by atoms with E-state index in [1.807, 2.05) is 49.0 Å². The molecule has 1 aromatic carbocycles. The Balaban J connectivity index is 1.54. The summed E-state index contributed by atoms with van der Waals surface area (Å²) in [6.45, 7) is 11.0. The van der Waals surface area contributed by atoms with Gasteiger partial charge in [0.05, 0.1) is 28.5 Å². The first-order valence-corrected chi connectivity index (χ1v) is 13.0. The van der Waals surface area contributed by atoms with E-state index in [-0.39, 0.29) is 5.92 Å². The summed E-state index contributed by atoms with van der Waals surface area (Å²) in [6, 6.07) is 8.11. The zero-order valence-electron chi connectivity index (χ0n) is 22.1. The van der Waals surface area contributed by atoms with Gasteiger partial charge in [-0.1, -0.05) is 12.1 Å². The van der Waals surface area contributed by atoms with Gasteiger partial charge in [-0.05, 0) is 84.2 Å². The third-order valence-electron chi connectivity index (χ3n) is 7.72. The fourth-order valence-corrected chi connectivity index (χ4v) is 5.44. The molecule has 2 aromatic heterocycles. The number of benzene rings is 1. The number of likely N-dealkylation sites (N-methyl/N-ethyl adjacent to an activating group) is 1. The Morgan fingerprint density at radius 1 is 1.00 bits per heavy atom. The van der Waals surface area contributed by atoms with Crippen molar-refractivity contribution in [1.29, 1.82) is 0 Å². The number of piperidine rings is 1. The van der Waals surface area contributed by atoms with Crippen molar-refractivity contribution in [3.05, 3.63) is 36.0 Å². The van der Waals surface area contributed by atoms with E-state index >= 15 is 0 Å². The third kappa shape index (κ3) is 5.05. The molecular weight excluding hydrogens is 454 g/mol. The fourth-order valence-electron chi connectivity index (χ4n) is 5.44. The quantitative estimate of drug-likeness (QED) is 0.481. The molecule has 2 saturated heterocycles. The van der Waals surface area contributed by atoms with Crippen LogP contribution in [0.1, 0.15) is 52.5 Å². The second-order valence-corrected chi connectivity index (χ2v) is 11.6. The standard InChI is InChI=1S/C27H39N7O2/c1-26(2,35)18-9-13-33(14-10-18)23-22-16-28-34(21-8-6-7-19(15-21)27(3,4)36)24(22)31-25(30-23)29-20-11-12-32(5)17-20/h6-8,15-16,18,20,35-36H,9-14,17H2,1-5H3,(H,29,30,31)/t20-/m0/s1. The number of nitrogens with zero attached hydrogens (tertiary/aromatic N) is 6. The van der Waals surface area contributed by atoms with Crippen LogP contribution in [0.4, 0.5) is 11.8 Å². The minimum absolute atomic E-state index is 0.269. The van der Waals surface area contributed by atoms with Gasteiger partial charge in [0.1, 0.15) is 5.82 Å². The largest absolute Gasteiger partial charge is 0.390 e. The van der Waals surface area contributed by atoms with Crippen molar-refractivity contribution in [3.63, 3.8) is 0 Å². The maximum Gasteiger partial charge on any atom is 0.227 e. The molecule has 36 heavy (non-hydrogen) atoms. The maximum atomic E-state index is 10.5. The summed E-state index contributed by atoms with van der Waals surface area (Å²) in [5.41, 5.74) is 0.780. The third-order valence-corrected chi connectivity index (χ3v) is 7.72. The van der Waals surface area contributed by atoms with Crippen molar-refractivity contribution in [3.8, 4) is 5.69 Å². The van der Waals surface area contributed by atoms with Gasteiger partial charge in [0.2, 0.25) is 5.95 Å². The number of fused-ring (bicyclic) bond motifs is 1. The number of hydrogen-bond donors (Lipinski definition) is 3. The maximum absolute atomic E-state index is 10.5. The van der Waals surface area contributed by atoms with Crippen molar-refractivity contribution in [2.75, 3.05) is 43.4 Å². The molecule has 0 amide bonds. The Morgan fingerprint density at radius 3 is 2.39 bits per heavy atom. The summed E-state index contributed by atoms with van der Waals surface area (Å²) >= 11 is 0. The van der Waals surface area contributed by atoms with Crippen molar-refractivity contribution in [1.82, 2.24) is 24.6 Å². The topological polar surface area (TPSA) is 103 Å². The predicted molar refractivity (Wildman–Crippen MR) is 143 cm³/mol. The highest BCUT2D eigenvalue weighted by Gasteiger charge is 2.32. The van der Waals surface area contributed by atoms with Gasteiger partial charge in [-0.2, -0.15) is 15.1 Å². The first-order chi connectivity index (χ1) is 17.0. The number of likely N-dealkylation sites (tertiary alicyclic amines) is 1. The fraction of sp³-hybridized carbons (Fsp3) is 0.593. The summed E-state index contributed by atoms with van der Waals surface area (Å²) < 4.78 is 1.84. The number of aliphatic hydroxyl groups is 2. The van der Waals surface area contributed by atoms with Gasteiger partial charge in [-0.15, -0.1) is 0 Å². The van der Waals surface area contributed by atoms with Crippen molar-refractivity contribution in [2.24, 2.45) is 5.92 Å². The van der Waals surface area contributed by atoms with Crippen LogP contribution in [0.25, 0.3) is 16.7 Å². The molecule has 2 aliphatic rings. The molecule has 0 radical (unpaired) electrons. The second kappa shape index (κ2) is 9.28. The average molecular weight is 494 g/mol. The highest BCUT2D eigenvalue weighted by Crippen LogP contribution is 2.34. The summed E-state index contributed by atoms with van der Waals surface area (Å²) in [7, 11) is 2.13. The molecule has 3 N–H and O–H groups in total. The minimum atomic E-state index is -0.953. The number of aromatic nitrogens is 4. The normalized spacial score (nSPS) is 20.4. The molecule has 0 unspecified atom stereocenters. The Labute approximate surface area is 213 Å². The van der Waals surface area contributed by atoms with Crippen LogP contribution in [0, 0.1) is 5.92 Å². The molecule has 4 heterocycles. The Bertz CT molecular complexity index is 1220. The highest BCUT2D eigenvalue weighted by molar-refractivity contribution is 5.89. The van der Waals surface area contributed by atoms with Gasteiger partial charge >= 0.3 is 0 Å². The molecule has 5 rings (SSSR count). The molecule has 0 bridgehead atoms. The first-order valence-electron chi connectivity index (χ1n) is 13.0. The van der Waals surface area contributed by atoms with Gasteiger partial charge in [0.25, 0.3) is 0 Å². The van der Waals surface area contributed by atoms with Gasteiger partial charge in [0.15, 0.2) is 5.65 Å². The van der Waals surface area contributed by atoms with E-state index in [0.29, 0.717) is 12.0 Å². The number of rotatable bonds is 6. The number of anilines is 2. The van der Waals surface area contributed by atoms with E-state index in [1.54, 1.807) is 13.8 Å². The van der Waals surface area contributed by atoms with Crippen LogP contribution in [-0.4, -0.2) is 79.7 Å². The molecule has 1 atom stereocenters. The van der Waals surface area contributed by atoms with E-state index in [1.165, 1.54) is 0 Å². The zero-order chi connectivity index (χ0) is 25.7. The summed E-state index contributed by atoms with van der Waals surface area (Å²) in [5.74, 6) is 1.76.